The average Bonchev–Trinajstić information content (AvgIpc) is 2.39. The maximum Gasteiger partial charge on any atom is 0.238 e. The number of rotatable bonds is 2. The van der Waals surface area contributed by atoms with Gasteiger partial charge in [0.15, 0.2) is 0 Å². The fourth-order valence-corrected chi connectivity index (χ4v) is 1.69. The molecule has 2 aromatic carbocycles. The van der Waals surface area contributed by atoms with Crippen LogP contribution in [0.5, 0.6) is 11.6 Å². The minimum atomic E-state index is 0.458. The van der Waals surface area contributed by atoms with Gasteiger partial charge in [0.2, 0.25) is 5.88 Å². The summed E-state index contributed by atoms with van der Waals surface area (Å²) in [6.07, 6.45) is 1.60. The summed E-state index contributed by atoms with van der Waals surface area (Å²) in [7, 11) is 0. The summed E-state index contributed by atoms with van der Waals surface area (Å²) >= 11 is 0. The summed E-state index contributed by atoms with van der Waals surface area (Å²) in [5, 5.41) is 0. The molecular weight excluding hydrogens is 226 g/mol. The first-order chi connectivity index (χ1) is 8.81. The number of hydrogen-bond donors (Lipinski definition) is 1. The zero-order chi connectivity index (χ0) is 12.4. The number of nitrogens with two attached hydrogens (primary N) is 1. The van der Waals surface area contributed by atoms with Gasteiger partial charge in [0.25, 0.3) is 0 Å². The minimum absolute atomic E-state index is 0.458. The number of nitrogens with zero attached hydrogens (tertiary/aromatic N) is 2. The lowest BCUT2D eigenvalue weighted by atomic mass is 10.3. The summed E-state index contributed by atoms with van der Waals surface area (Å²) in [5.74, 6) is 1.11. The van der Waals surface area contributed by atoms with Gasteiger partial charge in [0.1, 0.15) is 5.75 Å². The third kappa shape index (κ3) is 2.08. The Morgan fingerprint density at radius 3 is 2.61 bits per heavy atom. The number of benzene rings is 2. The Morgan fingerprint density at radius 1 is 0.944 bits per heavy atom. The van der Waals surface area contributed by atoms with E-state index in [1.165, 1.54) is 0 Å². The van der Waals surface area contributed by atoms with Crippen molar-refractivity contribution in [2.45, 2.75) is 0 Å². The molecule has 3 rings (SSSR count). The summed E-state index contributed by atoms with van der Waals surface area (Å²) < 4.78 is 5.61. The number of hydrogen-bond acceptors (Lipinski definition) is 4. The first-order valence-electron chi connectivity index (χ1n) is 5.56. The van der Waals surface area contributed by atoms with Gasteiger partial charge < -0.3 is 10.5 Å². The van der Waals surface area contributed by atoms with E-state index in [1.807, 2.05) is 36.4 Å². The van der Waals surface area contributed by atoms with Gasteiger partial charge >= 0.3 is 0 Å². The zero-order valence-electron chi connectivity index (χ0n) is 9.58. The maximum absolute atomic E-state index is 5.69. The maximum atomic E-state index is 5.69. The molecule has 0 aliphatic rings. The Kier molecular flexibility index (Phi) is 2.53. The predicted molar refractivity (Wildman–Crippen MR) is 70.5 cm³/mol. The van der Waals surface area contributed by atoms with Crippen LogP contribution < -0.4 is 10.5 Å². The molecule has 0 fully saturated rings. The van der Waals surface area contributed by atoms with Crippen molar-refractivity contribution in [1.29, 1.82) is 0 Å². The molecule has 0 atom stereocenters. The van der Waals surface area contributed by atoms with E-state index < -0.39 is 0 Å². The lowest BCUT2D eigenvalue weighted by Gasteiger charge is -2.05. The third-order valence-corrected chi connectivity index (χ3v) is 2.51. The van der Waals surface area contributed by atoms with E-state index in [4.69, 9.17) is 10.5 Å². The number of ether oxygens (including phenoxy) is 1. The molecule has 0 unspecified atom stereocenters. The summed E-state index contributed by atoms with van der Waals surface area (Å²) in [5.41, 5.74) is 7.99. The van der Waals surface area contributed by atoms with Crippen LogP contribution in [-0.4, -0.2) is 9.97 Å². The topological polar surface area (TPSA) is 61.0 Å². The van der Waals surface area contributed by atoms with Crippen LogP contribution in [0, 0.1) is 0 Å². The molecule has 0 aliphatic heterocycles. The molecule has 0 radical (unpaired) electrons. The van der Waals surface area contributed by atoms with Crippen LogP contribution in [0.2, 0.25) is 0 Å². The van der Waals surface area contributed by atoms with Gasteiger partial charge in [-0.2, -0.15) is 0 Å². The highest BCUT2D eigenvalue weighted by molar-refractivity contribution is 5.74. The van der Waals surface area contributed by atoms with E-state index in [9.17, 15) is 0 Å². The lowest BCUT2D eigenvalue weighted by Crippen LogP contribution is -1.91. The van der Waals surface area contributed by atoms with Crippen molar-refractivity contribution in [2.75, 3.05) is 5.73 Å². The molecule has 0 saturated heterocycles. The zero-order valence-corrected chi connectivity index (χ0v) is 9.58. The van der Waals surface area contributed by atoms with Crippen LogP contribution in [0.25, 0.3) is 11.0 Å². The smallest absolute Gasteiger partial charge is 0.238 e. The number of para-hydroxylation sites is 2. The molecular formula is C14H11N3O. The van der Waals surface area contributed by atoms with Crippen molar-refractivity contribution in [1.82, 2.24) is 9.97 Å². The molecule has 2 N–H and O–H groups in total. The second kappa shape index (κ2) is 4.33. The predicted octanol–water partition coefficient (Wildman–Crippen LogP) is 3.00. The number of anilines is 1. The van der Waals surface area contributed by atoms with Gasteiger partial charge in [-0.25, -0.2) is 9.97 Å². The monoisotopic (exact) mass is 237 g/mol. The van der Waals surface area contributed by atoms with Crippen molar-refractivity contribution in [3.63, 3.8) is 0 Å². The molecule has 1 heterocycles. The van der Waals surface area contributed by atoms with Crippen LogP contribution in [0.3, 0.4) is 0 Å². The van der Waals surface area contributed by atoms with Crippen LogP contribution in [0.15, 0.2) is 54.7 Å². The van der Waals surface area contributed by atoms with Crippen LogP contribution in [0.4, 0.5) is 5.69 Å². The Balaban J connectivity index is 1.95. The van der Waals surface area contributed by atoms with E-state index >= 15 is 0 Å². The SMILES string of the molecule is Nc1cccc(Oc2cnc3ccccc3n2)c1. The Morgan fingerprint density at radius 2 is 1.78 bits per heavy atom. The van der Waals surface area contributed by atoms with Gasteiger partial charge in [0, 0.05) is 11.8 Å². The Hall–Kier alpha value is -2.62. The molecule has 0 spiro atoms. The van der Waals surface area contributed by atoms with E-state index in [1.54, 1.807) is 18.3 Å². The number of nitrogen functional groups attached to an aromatic ring is 1. The van der Waals surface area contributed by atoms with E-state index in [0.29, 0.717) is 17.3 Å². The first-order valence-corrected chi connectivity index (χ1v) is 5.56. The van der Waals surface area contributed by atoms with Crippen molar-refractivity contribution in [3.05, 3.63) is 54.7 Å². The van der Waals surface area contributed by atoms with Gasteiger partial charge in [-0.3, -0.25) is 0 Å². The van der Waals surface area contributed by atoms with Gasteiger partial charge in [-0.1, -0.05) is 18.2 Å². The average molecular weight is 237 g/mol. The fraction of sp³-hybridized carbons (Fsp3) is 0. The quantitative estimate of drug-likeness (QED) is 0.696. The standard InChI is InChI=1S/C14H11N3O/c15-10-4-3-5-11(8-10)18-14-9-16-12-6-1-2-7-13(12)17-14/h1-9H,15H2. The van der Waals surface area contributed by atoms with Crippen LogP contribution >= 0.6 is 0 Å². The molecule has 3 aromatic rings. The molecule has 88 valence electrons. The molecule has 4 nitrogen and oxygen atoms in total. The van der Waals surface area contributed by atoms with Gasteiger partial charge in [0.05, 0.1) is 17.2 Å². The molecule has 0 aliphatic carbocycles. The van der Waals surface area contributed by atoms with E-state index in [-0.39, 0.29) is 0 Å². The molecule has 0 saturated carbocycles. The third-order valence-electron chi connectivity index (χ3n) is 2.51. The second-order valence-corrected chi connectivity index (χ2v) is 3.87. The summed E-state index contributed by atoms with van der Waals surface area (Å²) in [6, 6.07) is 14.9. The highest BCUT2D eigenvalue weighted by atomic mass is 16.5. The molecule has 18 heavy (non-hydrogen) atoms. The first kappa shape index (κ1) is 10.5. The highest BCUT2D eigenvalue weighted by Crippen LogP contribution is 2.22. The molecule has 0 amide bonds. The summed E-state index contributed by atoms with van der Waals surface area (Å²) in [6.45, 7) is 0. The minimum Gasteiger partial charge on any atom is -0.437 e. The highest BCUT2D eigenvalue weighted by Gasteiger charge is 2.01. The van der Waals surface area contributed by atoms with Gasteiger partial charge in [-0.15, -0.1) is 0 Å². The second-order valence-electron chi connectivity index (χ2n) is 3.87. The fourth-order valence-electron chi connectivity index (χ4n) is 1.69. The normalized spacial score (nSPS) is 10.4. The van der Waals surface area contributed by atoms with Crippen molar-refractivity contribution in [3.8, 4) is 11.6 Å². The Bertz CT molecular complexity index is 697. The van der Waals surface area contributed by atoms with Crippen molar-refractivity contribution < 1.29 is 4.74 Å². The largest absolute Gasteiger partial charge is 0.437 e. The van der Waals surface area contributed by atoms with E-state index in [2.05, 4.69) is 9.97 Å². The molecule has 0 bridgehead atoms. The van der Waals surface area contributed by atoms with E-state index in [0.717, 1.165) is 11.0 Å². The van der Waals surface area contributed by atoms with Crippen LogP contribution in [0.1, 0.15) is 0 Å². The number of aromatic nitrogens is 2. The van der Waals surface area contributed by atoms with Crippen molar-refractivity contribution >= 4 is 16.7 Å². The summed E-state index contributed by atoms with van der Waals surface area (Å²) in [4.78, 5) is 8.66. The Labute approximate surface area is 104 Å². The molecule has 4 heteroatoms. The lowest BCUT2D eigenvalue weighted by molar-refractivity contribution is 0.463. The van der Waals surface area contributed by atoms with Crippen LogP contribution in [-0.2, 0) is 0 Å². The molecule has 1 aromatic heterocycles. The van der Waals surface area contributed by atoms with Gasteiger partial charge in [-0.05, 0) is 24.3 Å². The number of fused-ring (bicyclic) bond motifs is 1. The van der Waals surface area contributed by atoms with Crippen molar-refractivity contribution in [2.24, 2.45) is 0 Å².